The SMILES string of the molecule is O=C[SH]1C=NCC1. The van der Waals surface area contributed by atoms with Gasteiger partial charge in [-0.3, -0.25) is 9.79 Å². The van der Waals surface area contributed by atoms with Gasteiger partial charge in [0.2, 0.25) is 0 Å². The van der Waals surface area contributed by atoms with Gasteiger partial charge in [0.05, 0.1) is 0 Å². The monoisotopic (exact) mass is 117 g/mol. The highest BCUT2D eigenvalue weighted by Crippen LogP contribution is 2.19. The third-order valence-corrected chi connectivity index (χ3v) is 2.30. The number of carbonyl (C=O) groups excluding carboxylic acids is 1. The lowest BCUT2D eigenvalue weighted by molar-refractivity contribution is 0.570. The second kappa shape index (κ2) is 2.12. The van der Waals surface area contributed by atoms with Gasteiger partial charge in [0.25, 0.3) is 0 Å². The molecule has 0 radical (unpaired) electrons. The zero-order chi connectivity index (χ0) is 5.11. The number of nitrogens with zero attached hydrogens (tertiary/aromatic N) is 1. The molecule has 0 bridgehead atoms. The summed E-state index contributed by atoms with van der Waals surface area (Å²) in [5.74, 6) is 0.985. The van der Waals surface area contributed by atoms with Gasteiger partial charge < -0.3 is 0 Å². The fourth-order valence-corrected chi connectivity index (χ4v) is 1.42. The van der Waals surface area contributed by atoms with Crippen molar-refractivity contribution in [1.29, 1.82) is 0 Å². The van der Waals surface area contributed by atoms with Gasteiger partial charge in [0.1, 0.15) is 0 Å². The molecule has 0 saturated heterocycles. The maximum atomic E-state index is 9.94. The molecule has 0 aliphatic carbocycles. The lowest BCUT2D eigenvalue weighted by Gasteiger charge is -1.93. The Kier molecular flexibility index (Phi) is 1.46. The summed E-state index contributed by atoms with van der Waals surface area (Å²) in [5, 5.41) is 0. The molecule has 1 aliphatic rings. The summed E-state index contributed by atoms with van der Waals surface area (Å²) < 4.78 is 0. The summed E-state index contributed by atoms with van der Waals surface area (Å²) in [4.78, 5) is 13.9. The Morgan fingerprint density at radius 2 is 2.71 bits per heavy atom. The Bertz CT molecular complexity index is 102. The van der Waals surface area contributed by atoms with Crippen LogP contribution in [0, 0.1) is 0 Å². The molecule has 1 aliphatic heterocycles. The second-order valence-corrected chi connectivity index (χ2v) is 3.28. The number of carbonyl (C=O) groups is 1. The molecular weight excluding hydrogens is 110 g/mol. The Labute approximate surface area is 45.0 Å². The predicted molar refractivity (Wildman–Crippen MR) is 34.0 cm³/mol. The van der Waals surface area contributed by atoms with E-state index in [1.54, 1.807) is 5.55 Å². The van der Waals surface area contributed by atoms with E-state index in [4.69, 9.17) is 0 Å². The molecule has 0 aromatic carbocycles. The Morgan fingerprint density at radius 1 is 1.86 bits per heavy atom. The summed E-state index contributed by atoms with van der Waals surface area (Å²) in [7, 11) is -0.415. The molecule has 1 atom stereocenters. The van der Waals surface area contributed by atoms with Crippen LogP contribution in [0.2, 0.25) is 0 Å². The minimum absolute atomic E-state index is 0.415. The molecule has 1 rings (SSSR count). The number of hydrogen-bond acceptors (Lipinski definition) is 2. The number of hydrogen-bond donors (Lipinski definition) is 1. The van der Waals surface area contributed by atoms with Crippen molar-refractivity contribution in [2.24, 2.45) is 4.99 Å². The molecular formula is C4H7NOS. The van der Waals surface area contributed by atoms with Gasteiger partial charge in [-0.05, 0) is 0 Å². The molecule has 0 aromatic rings. The quantitative estimate of drug-likeness (QED) is 0.386. The Balaban J connectivity index is 2.42. The largest absolute Gasteiger partial charge is 0.292 e. The minimum Gasteiger partial charge on any atom is -0.292 e. The lowest BCUT2D eigenvalue weighted by atomic mass is 10.8. The molecule has 0 amide bonds. The van der Waals surface area contributed by atoms with E-state index >= 15 is 0 Å². The zero-order valence-corrected chi connectivity index (χ0v) is 4.77. The second-order valence-electron chi connectivity index (χ2n) is 1.36. The van der Waals surface area contributed by atoms with Gasteiger partial charge in [0.15, 0.2) is 5.62 Å². The number of aliphatic imine (C=N–C) groups is 1. The molecule has 7 heavy (non-hydrogen) atoms. The van der Waals surface area contributed by atoms with Crippen LogP contribution in [-0.4, -0.2) is 23.5 Å². The van der Waals surface area contributed by atoms with E-state index < -0.39 is 10.9 Å². The van der Waals surface area contributed by atoms with E-state index in [-0.39, 0.29) is 0 Å². The molecule has 0 N–H and O–H groups in total. The van der Waals surface area contributed by atoms with Crippen LogP contribution in [0.4, 0.5) is 0 Å². The van der Waals surface area contributed by atoms with Crippen molar-refractivity contribution in [3.05, 3.63) is 0 Å². The van der Waals surface area contributed by atoms with Crippen LogP contribution >= 0.6 is 10.9 Å². The van der Waals surface area contributed by atoms with Gasteiger partial charge in [-0.25, -0.2) is 0 Å². The van der Waals surface area contributed by atoms with Crippen LogP contribution < -0.4 is 0 Å². The van der Waals surface area contributed by atoms with Crippen LogP contribution in [0.3, 0.4) is 0 Å². The first kappa shape index (κ1) is 4.84. The van der Waals surface area contributed by atoms with E-state index in [1.165, 1.54) is 0 Å². The molecule has 1 unspecified atom stereocenters. The predicted octanol–water partition coefficient (Wildman–Crippen LogP) is 0.220. The Hall–Kier alpha value is -0.310. The molecule has 2 nitrogen and oxygen atoms in total. The molecule has 0 aromatic heterocycles. The average Bonchev–Trinajstić information content (AvgIpc) is 2.14. The van der Waals surface area contributed by atoms with Gasteiger partial charge in [-0.15, -0.1) is 0 Å². The highest BCUT2D eigenvalue weighted by molar-refractivity contribution is 8.38. The first-order chi connectivity index (χ1) is 3.43. The third kappa shape index (κ3) is 1.03. The topological polar surface area (TPSA) is 29.4 Å². The van der Waals surface area contributed by atoms with Crippen molar-refractivity contribution >= 4 is 22.1 Å². The highest BCUT2D eigenvalue weighted by atomic mass is 32.2. The van der Waals surface area contributed by atoms with E-state index in [0.717, 1.165) is 17.9 Å². The van der Waals surface area contributed by atoms with E-state index in [9.17, 15) is 4.79 Å². The smallest absolute Gasteiger partial charge is 0.161 e. The summed E-state index contributed by atoms with van der Waals surface area (Å²) in [6, 6.07) is 0. The highest BCUT2D eigenvalue weighted by Gasteiger charge is 2.01. The van der Waals surface area contributed by atoms with Crippen molar-refractivity contribution in [3.63, 3.8) is 0 Å². The van der Waals surface area contributed by atoms with Crippen molar-refractivity contribution < 1.29 is 4.79 Å². The average molecular weight is 117 g/mol. The van der Waals surface area contributed by atoms with Gasteiger partial charge in [-0.1, -0.05) is 0 Å². The third-order valence-electron chi connectivity index (χ3n) is 0.853. The van der Waals surface area contributed by atoms with Crippen LogP contribution in [0.1, 0.15) is 0 Å². The van der Waals surface area contributed by atoms with Gasteiger partial charge in [-0.2, -0.15) is 10.9 Å². The Morgan fingerprint density at radius 3 is 3.00 bits per heavy atom. The summed E-state index contributed by atoms with van der Waals surface area (Å²) >= 11 is 0. The summed E-state index contributed by atoms with van der Waals surface area (Å²) in [6.07, 6.45) is 0. The fraction of sp³-hybridized carbons (Fsp3) is 0.500. The van der Waals surface area contributed by atoms with Crippen molar-refractivity contribution in [2.45, 2.75) is 0 Å². The zero-order valence-electron chi connectivity index (χ0n) is 3.87. The minimum atomic E-state index is -0.415. The van der Waals surface area contributed by atoms with E-state index in [0.29, 0.717) is 0 Å². The van der Waals surface area contributed by atoms with Crippen molar-refractivity contribution in [1.82, 2.24) is 0 Å². The van der Waals surface area contributed by atoms with Gasteiger partial charge >= 0.3 is 0 Å². The molecule has 3 heteroatoms. The van der Waals surface area contributed by atoms with Crippen LogP contribution in [0.25, 0.3) is 0 Å². The maximum absolute atomic E-state index is 9.94. The van der Waals surface area contributed by atoms with Crippen LogP contribution in [0.15, 0.2) is 4.99 Å². The van der Waals surface area contributed by atoms with Crippen LogP contribution in [-0.2, 0) is 4.79 Å². The number of rotatable bonds is 1. The number of thiol groups is 1. The van der Waals surface area contributed by atoms with E-state index in [1.807, 2.05) is 0 Å². The van der Waals surface area contributed by atoms with Crippen molar-refractivity contribution in [2.75, 3.05) is 12.3 Å². The van der Waals surface area contributed by atoms with Gasteiger partial charge in [0, 0.05) is 17.8 Å². The van der Waals surface area contributed by atoms with Crippen LogP contribution in [0.5, 0.6) is 0 Å². The molecule has 40 valence electrons. The molecule has 0 spiro atoms. The first-order valence-electron chi connectivity index (χ1n) is 2.14. The molecule has 0 fully saturated rings. The fourth-order valence-electron chi connectivity index (χ4n) is 0.473. The molecule has 1 heterocycles. The summed E-state index contributed by atoms with van der Waals surface area (Å²) in [6.45, 7) is 0.866. The summed E-state index contributed by atoms with van der Waals surface area (Å²) in [5.41, 5.74) is 2.79. The lowest BCUT2D eigenvalue weighted by Crippen LogP contribution is -1.82. The standard InChI is InChI=1S/C4H7NOS/c6-4-7-2-1-5-3-7/h3-4,7H,1-2H2. The molecule has 0 saturated carbocycles. The van der Waals surface area contributed by atoms with E-state index in [2.05, 4.69) is 4.99 Å². The van der Waals surface area contributed by atoms with Crippen molar-refractivity contribution in [3.8, 4) is 0 Å². The normalized spacial score (nSPS) is 33.4. The first-order valence-corrected chi connectivity index (χ1v) is 3.81. The maximum Gasteiger partial charge on any atom is 0.161 e.